The lowest BCUT2D eigenvalue weighted by atomic mass is 10.2. The number of hydrogen-bond donors (Lipinski definition) is 1. The van der Waals surface area contributed by atoms with Gasteiger partial charge in [-0.15, -0.1) is 5.10 Å². The van der Waals surface area contributed by atoms with Crippen molar-refractivity contribution in [3.63, 3.8) is 0 Å². The van der Waals surface area contributed by atoms with Crippen molar-refractivity contribution in [3.8, 4) is 5.69 Å². The Bertz CT molecular complexity index is 748. The van der Waals surface area contributed by atoms with Crippen molar-refractivity contribution in [2.45, 2.75) is 6.04 Å². The molecule has 1 N–H and O–H groups in total. The summed E-state index contributed by atoms with van der Waals surface area (Å²) in [5.74, 6) is -1.62. The molecule has 1 aliphatic rings. The Morgan fingerprint density at radius 1 is 1.35 bits per heavy atom. The molecule has 8 nitrogen and oxygen atoms in total. The molecule has 1 fully saturated rings. The monoisotopic (exact) mass is 336 g/mol. The van der Waals surface area contributed by atoms with Gasteiger partial charge in [-0.25, -0.2) is 9.48 Å². The standard InChI is InChI=1S/C14H13ClN4O4/c15-9-3-1-2-4-11(9)19-7-10(16-17-19)13(20)18-5-6-23-8-12(18)14(21)22/h1-4,7,12H,5-6,8H2,(H,21,22). The first-order valence-electron chi connectivity index (χ1n) is 6.86. The molecule has 1 aromatic heterocycles. The second-order valence-corrected chi connectivity index (χ2v) is 5.33. The summed E-state index contributed by atoms with van der Waals surface area (Å²) in [6.45, 7) is 0.433. The molecule has 23 heavy (non-hydrogen) atoms. The summed E-state index contributed by atoms with van der Waals surface area (Å²) in [5.41, 5.74) is 0.635. The molecule has 1 aliphatic heterocycles. The number of ether oxygens (including phenoxy) is 1. The third kappa shape index (κ3) is 3.03. The third-order valence-electron chi connectivity index (χ3n) is 3.49. The van der Waals surface area contributed by atoms with E-state index in [2.05, 4.69) is 10.3 Å². The van der Waals surface area contributed by atoms with Gasteiger partial charge in [-0.05, 0) is 12.1 Å². The van der Waals surface area contributed by atoms with E-state index in [1.54, 1.807) is 24.3 Å². The molecule has 120 valence electrons. The number of rotatable bonds is 3. The van der Waals surface area contributed by atoms with Crippen molar-refractivity contribution in [3.05, 3.63) is 41.2 Å². The maximum Gasteiger partial charge on any atom is 0.328 e. The maximum atomic E-state index is 12.5. The highest BCUT2D eigenvalue weighted by Crippen LogP contribution is 2.19. The number of carboxylic acids is 1. The van der Waals surface area contributed by atoms with Crippen molar-refractivity contribution in [1.82, 2.24) is 19.9 Å². The van der Waals surface area contributed by atoms with E-state index in [4.69, 9.17) is 16.3 Å². The number of morpholine rings is 1. The summed E-state index contributed by atoms with van der Waals surface area (Å²) < 4.78 is 6.50. The van der Waals surface area contributed by atoms with E-state index >= 15 is 0 Å². The van der Waals surface area contributed by atoms with Crippen LogP contribution < -0.4 is 0 Å². The Hall–Kier alpha value is -2.45. The van der Waals surface area contributed by atoms with Crippen LogP contribution >= 0.6 is 11.6 Å². The fourth-order valence-electron chi connectivity index (χ4n) is 2.32. The van der Waals surface area contributed by atoms with Gasteiger partial charge in [0.2, 0.25) is 0 Å². The predicted octanol–water partition coefficient (Wildman–Crippen LogP) is 0.846. The molecule has 0 aliphatic carbocycles. The number of para-hydroxylation sites is 1. The Kier molecular flexibility index (Phi) is 4.26. The highest BCUT2D eigenvalue weighted by atomic mass is 35.5. The largest absolute Gasteiger partial charge is 0.480 e. The zero-order valence-corrected chi connectivity index (χ0v) is 12.7. The molecule has 1 amide bonds. The maximum absolute atomic E-state index is 12.5. The molecule has 9 heteroatoms. The predicted molar refractivity (Wildman–Crippen MR) is 79.6 cm³/mol. The number of aliphatic carboxylic acids is 1. The number of amides is 1. The molecule has 3 rings (SSSR count). The smallest absolute Gasteiger partial charge is 0.328 e. The zero-order chi connectivity index (χ0) is 16.4. The average molecular weight is 337 g/mol. The van der Waals surface area contributed by atoms with E-state index in [0.29, 0.717) is 10.7 Å². The first kappa shape index (κ1) is 15.4. The molecule has 0 saturated carbocycles. The van der Waals surface area contributed by atoms with Gasteiger partial charge in [0.25, 0.3) is 5.91 Å². The summed E-state index contributed by atoms with van der Waals surface area (Å²) in [6, 6.07) is 5.97. The van der Waals surface area contributed by atoms with E-state index in [-0.39, 0.29) is 25.5 Å². The van der Waals surface area contributed by atoms with E-state index < -0.39 is 17.9 Å². The number of nitrogens with zero attached hydrogens (tertiary/aromatic N) is 4. The molecule has 0 radical (unpaired) electrons. The van der Waals surface area contributed by atoms with Crippen LogP contribution in [0.4, 0.5) is 0 Å². The molecule has 2 aromatic rings. The molecule has 0 spiro atoms. The van der Waals surface area contributed by atoms with Gasteiger partial charge in [-0.2, -0.15) is 0 Å². The van der Waals surface area contributed by atoms with Crippen LogP contribution in [-0.4, -0.2) is 62.7 Å². The van der Waals surface area contributed by atoms with Crippen molar-refractivity contribution in [1.29, 1.82) is 0 Å². The Morgan fingerprint density at radius 2 is 2.13 bits per heavy atom. The number of hydrogen-bond acceptors (Lipinski definition) is 5. The van der Waals surface area contributed by atoms with Crippen LogP contribution in [0, 0.1) is 0 Å². The molecule has 1 unspecified atom stereocenters. The normalized spacial score (nSPS) is 18.0. The van der Waals surface area contributed by atoms with Gasteiger partial charge in [0.15, 0.2) is 11.7 Å². The number of aromatic nitrogens is 3. The highest BCUT2D eigenvalue weighted by Gasteiger charge is 2.34. The summed E-state index contributed by atoms with van der Waals surface area (Å²) in [6.07, 6.45) is 1.43. The van der Waals surface area contributed by atoms with E-state index in [0.717, 1.165) is 0 Å². The minimum atomic E-state index is -1.11. The molecule has 0 bridgehead atoms. The number of carboxylic acid groups (broad SMARTS) is 1. The van der Waals surface area contributed by atoms with Gasteiger partial charge in [0.05, 0.1) is 30.1 Å². The molecule has 1 saturated heterocycles. The summed E-state index contributed by atoms with van der Waals surface area (Å²) in [5, 5.41) is 17.4. The quantitative estimate of drug-likeness (QED) is 0.892. The lowest BCUT2D eigenvalue weighted by Crippen LogP contribution is -2.52. The van der Waals surface area contributed by atoms with Gasteiger partial charge < -0.3 is 14.7 Å². The van der Waals surface area contributed by atoms with Gasteiger partial charge in [0.1, 0.15) is 0 Å². The summed E-state index contributed by atoms with van der Waals surface area (Å²) in [4.78, 5) is 25.0. The lowest BCUT2D eigenvalue weighted by molar-refractivity contribution is -0.147. The van der Waals surface area contributed by atoms with E-state index in [1.807, 2.05) is 0 Å². The van der Waals surface area contributed by atoms with E-state index in [1.165, 1.54) is 15.8 Å². The van der Waals surface area contributed by atoms with Crippen LogP contribution in [0.5, 0.6) is 0 Å². The molecule has 2 heterocycles. The van der Waals surface area contributed by atoms with Crippen LogP contribution in [0.25, 0.3) is 5.69 Å². The zero-order valence-electron chi connectivity index (χ0n) is 11.9. The van der Waals surface area contributed by atoms with E-state index in [9.17, 15) is 14.7 Å². The Balaban J connectivity index is 1.86. The Morgan fingerprint density at radius 3 is 2.87 bits per heavy atom. The fraction of sp³-hybridized carbons (Fsp3) is 0.286. The lowest BCUT2D eigenvalue weighted by Gasteiger charge is -2.32. The Labute approximate surface area is 136 Å². The van der Waals surface area contributed by atoms with Gasteiger partial charge in [-0.1, -0.05) is 28.9 Å². The van der Waals surface area contributed by atoms with Crippen molar-refractivity contribution < 1.29 is 19.4 Å². The molecular weight excluding hydrogens is 324 g/mol. The SMILES string of the molecule is O=C(O)C1COCCN1C(=O)c1cn(-c2ccccc2Cl)nn1. The number of benzene rings is 1. The minimum absolute atomic E-state index is 0.0419. The average Bonchev–Trinajstić information content (AvgIpc) is 3.04. The number of carbonyl (C=O) groups is 2. The van der Waals surface area contributed by atoms with Crippen molar-refractivity contribution >= 4 is 23.5 Å². The molecule has 1 atom stereocenters. The van der Waals surface area contributed by atoms with Crippen LogP contribution in [0.2, 0.25) is 5.02 Å². The van der Waals surface area contributed by atoms with Gasteiger partial charge >= 0.3 is 5.97 Å². The number of halogens is 1. The topological polar surface area (TPSA) is 97.6 Å². The summed E-state index contributed by atoms with van der Waals surface area (Å²) in [7, 11) is 0. The van der Waals surface area contributed by atoms with Gasteiger partial charge in [0, 0.05) is 6.54 Å². The second-order valence-electron chi connectivity index (χ2n) is 4.93. The fourth-order valence-corrected chi connectivity index (χ4v) is 2.54. The van der Waals surface area contributed by atoms with Crippen molar-refractivity contribution in [2.24, 2.45) is 0 Å². The first-order chi connectivity index (χ1) is 11.1. The first-order valence-corrected chi connectivity index (χ1v) is 7.24. The minimum Gasteiger partial charge on any atom is -0.480 e. The summed E-state index contributed by atoms with van der Waals surface area (Å²) >= 11 is 6.08. The second kappa shape index (κ2) is 6.35. The molecule has 1 aromatic carbocycles. The third-order valence-corrected chi connectivity index (χ3v) is 3.81. The van der Waals surface area contributed by atoms with Gasteiger partial charge in [-0.3, -0.25) is 4.79 Å². The number of carbonyl (C=O) groups excluding carboxylic acids is 1. The van der Waals surface area contributed by atoms with Crippen LogP contribution in [0.15, 0.2) is 30.5 Å². The van der Waals surface area contributed by atoms with Crippen LogP contribution in [0.1, 0.15) is 10.5 Å². The molecular formula is C14H13ClN4O4. The van der Waals surface area contributed by atoms with Crippen LogP contribution in [0.3, 0.4) is 0 Å². The van der Waals surface area contributed by atoms with Crippen molar-refractivity contribution in [2.75, 3.05) is 19.8 Å². The van der Waals surface area contributed by atoms with Crippen LogP contribution in [-0.2, 0) is 9.53 Å². The highest BCUT2D eigenvalue weighted by molar-refractivity contribution is 6.32.